The van der Waals surface area contributed by atoms with Gasteiger partial charge in [0.25, 0.3) is 0 Å². The largest absolute Gasteiger partial charge is 0.465 e. The number of hydrogen-bond donors (Lipinski definition) is 0. The number of carbonyl (C=O) groups excluding carboxylic acids is 1. The lowest BCUT2D eigenvalue weighted by molar-refractivity contribution is -0.386. The fourth-order valence-electron chi connectivity index (χ4n) is 1.84. The van der Waals surface area contributed by atoms with Gasteiger partial charge in [-0.15, -0.1) is 0 Å². The summed E-state index contributed by atoms with van der Waals surface area (Å²) in [5.41, 5.74) is 0.277. The summed E-state index contributed by atoms with van der Waals surface area (Å²) < 4.78 is 10.5. The van der Waals surface area contributed by atoms with Gasteiger partial charge in [-0.2, -0.15) is 0 Å². The molecule has 2 aromatic rings. The normalized spacial score (nSPS) is 11.5. The second-order valence-electron chi connectivity index (χ2n) is 4.26. The fourth-order valence-corrected chi connectivity index (χ4v) is 1.84. The molecule has 0 aliphatic carbocycles. The van der Waals surface area contributed by atoms with Gasteiger partial charge in [-0.1, -0.05) is 30.3 Å². The number of nitrogens with zero attached hydrogens (tertiary/aromatic N) is 2. The van der Waals surface area contributed by atoms with E-state index in [4.69, 9.17) is 9.47 Å². The fraction of sp³-hybridized carbons (Fsp3) is 0.200. The molecule has 0 spiro atoms. The Labute approximate surface area is 126 Å². The molecule has 114 valence electrons. The third-order valence-corrected chi connectivity index (χ3v) is 2.81. The maximum Gasteiger partial charge on any atom is 0.352 e. The van der Waals surface area contributed by atoms with Crippen LogP contribution in [0.15, 0.2) is 48.8 Å². The van der Waals surface area contributed by atoms with E-state index in [1.807, 2.05) is 0 Å². The standard InChI is InChI=1S/C15H14N2O5/c1-2-21-15(18)14(11-6-4-3-5-7-11)22-13-10-16-9-8-12(13)17(19)20/h3-10,14H,2H2,1H3. The Bertz CT molecular complexity index is 660. The number of carbonyl (C=O) groups is 1. The van der Waals surface area contributed by atoms with Crippen molar-refractivity contribution in [3.8, 4) is 5.75 Å². The van der Waals surface area contributed by atoms with Crippen LogP contribution in [0.25, 0.3) is 0 Å². The number of pyridine rings is 1. The number of hydrogen-bond acceptors (Lipinski definition) is 6. The van der Waals surface area contributed by atoms with Crippen molar-refractivity contribution >= 4 is 11.7 Å². The Morgan fingerprint density at radius 2 is 2.05 bits per heavy atom. The zero-order valence-electron chi connectivity index (χ0n) is 11.8. The first-order valence-electron chi connectivity index (χ1n) is 6.60. The quantitative estimate of drug-likeness (QED) is 0.463. The number of ether oxygens (including phenoxy) is 2. The summed E-state index contributed by atoms with van der Waals surface area (Å²) in [6.45, 7) is 1.85. The van der Waals surface area contributed by atoms with Crippen LogP contribution >= 0.6 is 0 Å². The molecular formula is C15H14N2O5. The highest BCUT2D eigenvalue weighted by atomic mass is 16.6. The van der Waals surface area contributed by atoms with Crippen molar-refractivity contribution in [1.29, 1.82) is 0 Å². The number of esters is 1. The summed E-state index contributed by atoms with van der Waals surface area (Å²) >= 11 is 0. The summed E-state index contributed by atoms with van der Waals surface area (Å²) in [5, 5.41) is 11.0. The molecule has 1 aromatic heterocycles. The molecule has 0 saturated carbocycles. The van der Waals surface area contributed by atoms with Crippen LogP contribution in [0.4, 0.5) is 5.69 Å². The van der Waals surface area contributed by atoms with E-state index in [2.05, 4.69) is 4.98 Å². The number of aromatic nitrogens is 1. The minimum Gasteiger partial charge on any atom is -0.465 e. The van der Waals surface area contributed by atoms with Crippen molar-refractivity contribution in [1.82, 2.24) is 4.98 Å². The molecule has 0 radical (unpaired) electrons. The third-order valence-electron chi connectivity index (χ3n) is 2.81. The van der Waals surface area contributed by atoms with Crippen molar-refractivity contribution in [3.63, 3.8) is 0 Å². The van der Waals surface area contributed by atoms with Crippen LogP contribution < -0.4 is 4.74 Å². The molecule has 2 rings (SSSR count). The van der Waals surface area contributed by atoms with Gasteiger partial charge in [0.2, 0.25) is 11.9 Å². The van der Waals surface area contributed by atoms with Gasteiger partial charge in [0.15, 0.2) is 0 Å². The molecule has 1 unspecified atom stereocenters. The number of benzene rings is 1. The molecule has 0 amide bonds. The minimum atomic E-state index is -1.09. The Hall–Kier alpha value is -2.96. The van der Waals surface area contributed by atoms with Crippen LogP contribution in [0, 0.1) is 10.1 Å². The van der Waals surface area contributed by atoms with E-state index in [0.717, 1.165) is 0 Å². The zero-order chi connectivity index (χ0) is 15.9. The van der Waals surface area contributed by atoms with Gasteiger partial charge in [-0.05, 0) is 6.92 Å². The van der Waals surface area contributed by atoms with E-state index >= 15 is 0 Å². The topological polar surface area (TPSA) is 91.6 Å². The molecule has 22 heavy (non-hydrogen) atoms. The van der Waals surface area contributed by atoms with Crippen molar-refractivity contribution in [2.75, 3.05) is 6.61 Å². The maximum atomic E-state index is 12.1. The smallest absolute Gasteiger partial charge is 0.352 e. The maximum absolute atomic E-state index is 12.1. The van der Waals surface area contributed by atoms with E-state index in [1.54, 1.807) is 37.3 Å². The van der Waals surface area contributed by atoms with Gasteiger partial charge in [-0.3, -0.25) is 15.1 Å². The lowest BCUT2D eigenvalue weighted by Gasteiger charge is -2.17. The average molecular weight is 302 g/mol. The van der Waals surface area contributed by atoms with Crippen LogP contribution in [0.2, 0.25) is 0 Å². The van der Waals surface area contributed by atoms with Gasteiger partial charge in [0.05, 0.1) is 17.7 Å². The number of rotatable bonds is 6. The Balaban J connectivity index is 2.35. The molecule has 0 fully saturated rings. The predicted molar refractivity (Wildman–Crippen MR) is 77.3 cm³/mol. The summed E-state index contributed by atoms with van der Waals surface area (Å²) in [7, 11) is 0. The molecule has 0 aliphatic rings. The highest BCUT2D eigenvalue weighted by molar-refractivity contribution is 5.77. The third kappa shape index (κ3) is 3.57. The van der Waals surface area contributed by atoms with Crippen LogP contribution in [-0.2, 0) is 9.53 Å². The van der Waals surface area contributed by atoms with Crippen LogP contribution in [0.5, 0.6) is 5.75 Å². The highest BCUT2D eigenvalue weighted by Crippen LogP contribution is 2.30. The van der Waals surface area contributed by atoms with E-state index in [-0.39, 0.29) is 18.0 Å². The summed E-state index contributed by atoms with van der Waals surface area (Å²) in [4.78, 5) is 26.3. The Morgan fingerprint density at radius 3 is 2.68 bits per heavy atom. The van der Waals surface area contributed by atoms with E-state index < -0.39 is 17.0 Å². The van der Waals surface area contributed by atoms with Gasteiger partial charge in [0, 0.05) is 17.8 Å². The second kappa shape index (κ2) is 7.16. The SMILES string of the molecule is CCOC(=O)C(Oc1cnccc1[N+](=O)[O-])c1ccccc1. The summed E-state index contributed by atoms with van der Waals surface area (Å²) in [6, 6.07) is 9.85. The van der Waals surface area contributed by atoms with Gasteiger partial charge >= 0.3 is 11.7 Å². The van der Waals surface area contributed by atoms with Crippen molar-refractivity contribution < 1.29 is 19.2 Å². The zero-order valence-corrected chi connectivity index (χ0v) is 11.8. The average Bonchev–Trinajstić information content (AvgIpc) is 2.53. The molecule has 1 aromatic carbocycles. The minimum absolute atomic E-state index is 0.0885. The molecule has 1 heterocycles. The second-order valence-corrected chi connectivity index (χ2v) is 4.26. The molecule has 7 heteroatoms. The van der Waals surface area contributed by atoms with E-state index in [9.17, 15) is 14.9 Å². The molecule has 0 N–H and O–H groups in total. The van der Waals surface area contributed by atoms with E-state index in [1.165, 1.54) is 18.5 Å². The van der Waals surface area contributed by atoms with Gasteiger partial charge in [0.1, 0.15) is 0 Å². The van der Waals surface area contributed by atoms with Gasteiger partial charge in [-0.25, -0.2) is 4.79 Å². The van der Waals surface area contributed by atoms with E-state index in [0.29, 0.717) is 5.56 Å². The molecule has 0 saturated heterocycles. The number of nitro groups is 1. The van der Waals surface area contributed by atoms with Crippen LogP contribution in [-0.4, -0.2) is 22.5 Å². The Morgan fingerprint density at radius 1 is 1.32 bits per heavy atom. The van der Waals surface area contributed by atoms with Crippen molar-refractivity contribution in [2.24, 2.45) is 0 Å². The first-order valence-corrected chi connectivity index (χ1v) is 6.60. The molecule has 7 nitrogen and oxygen atoms in total. The Kier molecular flexibility index (Phi) is 5.02. The first kappa shape index (κ1) is 15.4. The lowest BCUT2D eigenvalue weighted by Crippen LogP contribution is -2.21. The van der Waals surface area contributed by atoms with Crippen molar-refractivity contribution in [3.05, 3.63) is 64.5 Å². The molecule has 0 bridgehead atoms. The molecule has 1 atom stereocenters. The van der Waals surface area contributed by atoms with Gasteiger partial charge < -0.3 is 9.47 Å². The lowest BCUT2D eigenvalue weighted by atomic mass is 10.1. The first-order chi connectivity index (χ1) is 10.6. The highest BCUT2D eigenvalue weighted by Gasteiger charge is 2.27. The summed E-state index contributed by atoms with van der Waals surface area (Å²) in [6.07, 6.45) is 1.39. The van der Waals surface area contributed by atoms with Crippen molar-refractivity contribution in [2.45, 2.75) is 13.0 Å². The summed E-state index contributed by atoms with van der Waals surface area (Å²) in [5.74, 6) is -0.707. The van der Waals surface area contributed by atoms with Crippen LogP contribution in [0.1, 0.15) is 18.6 Å². The molecule has 0 aliphatic heterocycles. The predicted octanol–water partition coefficient (Wildman–Crippen LogP) is 2.67. The monoisotopic (exact) mass is 302 g/mol. The molecular weight excluding hydrogens is 288 g/mol. The van der Waals surface area contributed by atoms with Crippen LogP contribution in [0.3, 0.4) is 0 Å².